The third-order valence-electron chi connectivity index (χ3n) is 3.18. The number of rotatable bonds is 4. The predicted octanol–water partition coefficient (Wildman–Crippen LogP) is 3.32. The molecule has 0 heterocycles. The van der Waals surface area contributed by atoms with Crippen LogP contribution in [0.15, 0.2) is 53.4 Å². The quantitative estimate of drug-likeness (QED) is 0.892. The minimum absolute atomic E-state index is 0.158. The molecule has 0 aliphatic rings. The fourth-order valence-corrected chi connectivity index (χ4v) is 3.51. The van der Waals surface area contributed by atoms with E-state index in [1.165, 1.54) is 12.1 Å². The van der Waals surface area contributed by atoms with Gasteiger partial charge in [0, 0.05) is 16.8 Å². The number of amides is 1. The highest BCUT2D eigenvalue weighted by Gasteiger charge is 2.21. The SMILES string of the molecule is Cc1ccc(C(=O)Nc2ccc(S(=O)(=O)NC(C)(C)C)cc2)cc1. The summed E-state index contributed by atoms with van der Waals surface area (Å²) < 4.78 is 27.1. The van der Waals surface area contributed by atoms with Crippen molar-refractivity contribution in [3.05, 3.63) is 59.7 Å². The Morgan fingerprint density at radius 1 is 0.917 bits per heavy atom. The molecule has 6 heteroatoms. The van der Waals surface area contributed by atoms with Crippen LogP contribution in [0.4, 0.5) is 5.69 Å². The number of nitrogens with one attached hydrogen (secondary N) is 2. The van der Waals surface area contributed by atoms with Crippen molar-refractivity contribution in [2.45, 2.75) is 38.1 Å². The van der Waals surface area contributed by atoms with Gasteiger partial charge in [0.15, 0.2) is 0 Å². The van der Waals surface area contributed by atoms with Crippen LogP contribution < -0.4 is 10.0 Å². The molecule has 0 aliphatic carbocycles. The van der Waals surface area contributed by atoms with Crippen molar-refractivity contribution >= 4 is 21.6 Å². The monoisotopic (exact) mass is 346 g/mol. The lowest BCUT2D eigenvalue weighted by atomic mass is 10.1. The van der Waals surface area contributed by atoms with E-state index in [1.807, 2.05) is 19.1 Å². The number of hydrogen-bond acceptors (Lipinski definition) is 3. The van der Waals surface area contributed by atoms with E-state index in [1.54, 1.807) is 45.0 Å². The van der Waals surface area contributed by atoms with Crippen LogP contribution in [0.2, 0.25) is 0 Å². The molecule has 0 aliphatic heterocycles. The zero-order valence-electron chi connectivity index (χ0n) is 14.3. The lowest BCUT2D eigenvalue weighted by molar-refractivity contribution is 0.102. The van der Waals surface area contributed by atoms with Crippen molar-refractivity contribution in [2.75, 3.05) is 5.32 Å². The maximum absolute atomic E-state index is 12.2. The first-order valence-electron chi connectivity index (χ1n) is 7.59. The van der Waals surface area contributed by atoms with E-state index >= 15 is 0 Å². The molecule has 0 radical (unpaired) electrons. The van der Waals surface area contributed by atoms with Gasteiger partial charge < -0.3 is 5.32 Å². The highest BCUT2D eigenvalue weighted by molar-refractivity contribution is 7.89. The topological polar surface area (TPSA) is 75.3 Å². The zero-order valence-corrected chi connectivity index (χ0v) is 15.1. The van der Waals surface area contributed by atoms with Crippen molar-refractivity contribution < 1.29 is 13.2 Å². The van der Waals surface area contributed by atoms with Crippen LogP contribution in [-0.4, -0.2) is 19.9 Å². The number of carbonyl (C=O) groups excluding carboxylic acids is 1. The molecule has 0 spiro atoms. The molecular weight excluding hydrogens is 324 g/mol. The fourth-order valence-electron chi connectivity index (χ4n) is 2.09. The number of sulfonamides is 1. The first-order chi connectivity index (χ1) is 11.1. The van der Waals surface area contributed by atoms with E-state index in [-0.39, 0.29) is 10.8 Å². The van der Waals surface area contributed by atoms with Gasteiger partial charge >= 0.3 is 0 Å². The molecule has 24 heavy (non-hydrogen) atoms. The van der Waals surface area contributed by atoms with Gasteiger partial charge in [-0.25, -0.2) is 13.1 Å². The number of aryl methyl sites for hydroxylation is 1. The van der Waals surface area contributed by atoms with Crippen molar-refractivity contribution in [1.29, 1.82) is 0 Å². The number of carbonyl (C=O) groups is 1. The van der Waals surface area contributed by atoms with Gasteiger partial charge in [0.05, 0.1) is 4.90 Å². The summed E-state index contributed by atoms with van der Waals surface area (Å²) in [6, 6.07) is 13.3. The second kappa shape index (κ2) is 6.75. The zero-order chi connectivity index (χ0) is 18.0. The Hall–Kier alpha value is -2.18. The van der Waals surface area contributed by atoms with Gasteiger partial charge in [-0.05, 0) is 64.1 Å². The molecule has 2 aromatic carbocycles. The summed E-state index contributed by atoms with van der Waals surface area (Å²) >= 11 is 0. The minimum Gasteiger partial charge on any atom is -0.322 e. The van der Waals surface area contributed by atoms with Crippen molar-refractivity contribution in [1.82, 2.24) is 4.72 Å². The van der Waals surface area contributed by atoms with Crippen molar-refractivity contribution in [3.63, 3.8) is 0 Å². The van der Waals surface area contributed by atoms with Gasteiger partial charge in [-0.1, -0.05) is 17.7 Å². The van der Waals surface area contributed by atoms with Crippen LogP contribution in [0.1, 0.15) is 36.7 Å². The Balaban J connectivity index is 2.12. The Labute approximate surface area is 143 Å². The second-order valence-corrected chi connectivity index (χ2v) is 8.38. The Kier molecular flexibility index (Phi) is 5.11. The lowest BCUT2D eigenvalue weighted by Crippen LogP contribution is -2.40. The molecule has 2 N–H and O–H groups in total. The molecule has 1 amide bonds. The first kappa shape index (κ1) is 18.2. The summed E-state index contributed by atoms with van der Waals surface area (Å²) in [5, 5.41) is 2.75. The molecule has 5 nitrogen and oxygen atoms in total. The standard InChI is InChI=1S/C18H22N2O3S/c1-13-5-7-14(8-6-13)17(21)19-15-9-11-16(12-10-15)24(22,23)20-18(2,3)4/h5-12,20H,1-4H3,(H,19,21). The summed E-state index contributed by atoms with van der Waals surface area (Å²) in [5.74, 6) is -0.238. The van der Waals surface area contributed by atoms with Crippen LogP contribution >= 0.6 is 0 Å². The number of anilines is 1. The molecule has 0 fully saturated rings. The highest BCUT2D eigenvalue weighted by atomic mass is 32.2. The second-order valence-electron chi connectivity index (χ2n) is 6.70. The van der Waals surface area contributed by atoms with E-state index in [4.69, 9.17) is 0 Å². The van der Waals surface area contributed by atoms with Crippen LogP contribution in [-0.2, 0) is 10.0 Å². The maximum atomic E-state index is 12.2. The third kappa shape index (κ3) is 4.91. The van der Waals surface area contributed by atoms with Crippen LogP contribution in [0.5, 0.6) is 0 Å². The summed E-state index contributed by atoms with van der Waals surface area (Å²) in [4.78, 5) is 12.3. The van der Waals surface area contributed by atoms with E-state index in [9.17, 15) is 13.2 Å². The van der Waals surface area contributed by atoms with Crippen LogP contribution in [0.25, 0.3) is 0 Å². The average molecular weight is 346 g/mol. The maximum Gasteiger partial charge on any atom is 0.255 e. The Morgan fingerprint density at radius 2 is 1.46 bits per heavy atom. The van der Waals surface area contributed by atoms with Crippen molar-refractivity contribution in [3.8, 4) is 0 Å². The molecular formula is C18H22N2O3S. The molecule has 0 saturated heterocycles. The molecule has 2 rings (SSSR count). The largest absolute Gasteiger partial charge is 0.322 e. The number of benzene rings is 2. The summed E-state index contributed by atoms with van der Waals surface area (Å²) in [6.07, 6.45) is 0. The van der Waals surface area contributed by atoms with Gasteiger partial charge in [0.25, 0.3) is 5.91 Å². The molecule has 0 unspecified atom stereocenters. The Morgan fingerprint density at radius 3 is 1.96 bits per heavy atom. The van der Waals surface area contributed by atoms with E-state index in [2.05, 4.69) is 10.0 Å². The molecule has 0 aromatic heterocycles. The first-order valence-corrected chi connectivity index (χ1v) is 9.07. The molecule has 2 aromatic rings. The van der Waals surface area contributed by atoms with Crippen molar-refractivity contribution in [2.24, 2.45) is 0 Å². The molecule has 128 valence electrons. The normalized spacial score (nSPS) is 12.0. The van der Waals surface area contributed by atoms with E-state index < -0.39 is 15.6 Å². The predicted molar refractivity (Wildman–Crippen MR) is 95.6 cm³/mol. The van der Waals surface area contributed by atoms with Crippen LogP contribution in [0, 0.1) is 6.92 Å². The summed E-state index contributed by atoms with van der Waals surface area (Å²) in [7, 11) is -3.58. The van der Waals surface area contributed by atoms with Gasteiger partial charge in [-0.3, -0.25) is 4.79 Å². The smallest absolute Gasteiger partial charge is 0.255 e. The third-order valence-corrected chi connectivity index (χ3v) is 4.95. The van der Waals surface area contributed by atoms with Crippen LogP contribution in [0.3, 0.4) is 0 Å². The van der Waals surface area contributed by atoms with E-state index in [0.717, 1.165) is 5.56 Å². The minimum atomic E-state index is -3.58. The molecule has 0 bridgehead atoms. The van der Waals surface area contributed by atoms with E-state index in [0.29, 0.717) is 11.3 Å². The van der Waals surface area contributed by atoms with Gasteiger partial charge in [-0.2, -0.15) is 0 Å². The molecule has 0 atom stereocenters. The van der Waals surface area contributed by atoms with Gasteiger partial charge in [-0.15, -0.1) is 0 Å². The highest BCUT2D eigenvalue weighted by Crippen LogP contribution is 2.17. The average Bonchev–Trinajstić information content (AvgIpc) is 2.46. The van der Waals surface area contributed by atoms with Gasteiger partial charge in [0.1, 0.15) is 0 Å². The van der Waals surface area contributed by atoms with Gasteiger partial charge in [0.2, 0.25) is 10.0 Å². The lowest BCUT2D eigenvalue weighted by Gasteiger charge is -2.20. The summed E-state index contributed by atoms with van der Waals surface area (Å²) in [5.41, 5.74) is 1.60. The molecule has 0 saturated carbocycles. The number of hydrogen-bond donors (Lipinski definition) is 2. The summed E-state index contributed by atoms with van der Waals surface area (Å²) in [6.45, 7) is 7.29. The fraction of sp³-hybridized carbons (Fsp3) is 0.278. The Bertz CT molecular complexity index is 818.